The van der Waals surface area contributed by atoms with Gasteiger partial charge in [0.05, 0.1) is 0 Å². The van der Waals surface area contributed by atoms with E-state index in [-0.39, 0.29) is 11.6 Å². The fraction of sp³-hybridized carbons (Fsp3) is 0.364. The first-order chi connectivity index (χ1) is 8.02. The lowest BCUT2D eigenvalue weighted by atomic mass is 9.95. The molecule has 0 bridgehead atoms. The van der Waals surface area contributed by atoms with Crippen LogP contribution in [0.3, 0.4) is 0 Å². The number of likely N-dealkylation sites (tertiary alicyclic amines) is 1. The van der Waals surface area contributed by atoms with Crippen LogP contribution in [-0.4, -0.2) is 34.9 Å². The average Bonchev–Trinajstić information content (AvgIpc) is 2.30. The topological polar surface area (TPSA) is 59.5 Å². The van der Waals surface area contributed by atoms with Crippen LogP contribution in [0.15, 0.2) is 18.3 Å². The molecule has 0 spiro atoms. The molecule has 1 aromatic heterocycles. The second kappa shape index (κ2) is 4.12. The zero-order chi connectivity index (χ0) is 12.6. The van der Waals surface area contributed by atoms with Crippen LogP contribution < -0.4 is 0 Å². The number of hydrogen-bond donors (Lipinski definition) is 0. The Morgan fingerprint density at radius 2 is 2.29 bits per heavy atom. The number of ether oxygens (including phenoxy) is 1. The number of halogens is 1. The summed E-state index contributed by atoms with van der Waals surface area (Å²) in [7, 11) is 1.51. The van der Waals surface area contributed by atoms with E-state index >= 15 is 0 Å². The van der Waals surface area contributed by atoms with E-state index in [0.29, 0.717) is 0 Å². The summed E-state index contributed by atoms with van der Waals surface area (Å²) in [4.78, 5) is 27.5. The Bertz CT molecular complexity index is 478. The van der Waals surface area contributed by atoms with E-state index in [1.165, 1.54) is 37.2 Å². The number of β-lactam (4-membered cyclic amide) rings is 1. The highest BCUT2D eigenvalue weighted by Crippen LogP contribution is 2.35. The molecular weight excluding hydrogens is 227 g/mol. The first-order valence-corrected chi connectivity index (χ1v) is 5.06. The van der Waals surface area contributed by atoms with Gasteiger partial charge in [0.15, 0.2) is 0 Å². The molecule has 0 saturated carbocycles. The number of amides is 1. The molecule has 1 saturated heterocycles. The van der Waals surface area contributed by atoms with Crippen LogP contribution in [0, 0.1) is 5.82 Å². The molecule has 90 valence electrons. The van der Waals surface area contributed by atoms with Crippen molar-refractivity contribution in [2.75, 3.05) is 7.05 Å². The first kappa shape index (κ1) is 11.5. The van der Waals surface area contributed by atoms with Crippen molar-refractivity contribution in [1.82, 2.24) is 9.88 Å². The van der Waals surface area contributed by atoms with Crippen LogP contribution in [0.25, 0.3) is 0 Å². The smallest absolute Gasteiger partial charge is 0.303 e. The van der Waals surface area contributed by atoms with Crippen molar-refractivity contribution in [3.8, 4) is 0 Å². The minimum absolute atomic E-state index is 0.112. The summed E-state index contributed by atoms with van der Waals surface area (Å²) in [5, 5.41) is 0. The maximum atomic E-state index is 13.5. The Morgan fingerprint density at radius 3 is 2.88 bits per heavy atom. The maximum Gasteiger partial charge on any atom is 0.303 e. The monoisotopic (exact) mass is 238 g/mol. The van der Waals surface area contributed by atoms with Gasteiger partial charge >= 0.3 is 5.97 Å². The van der Waals surface area contributed by atoms with Crippen LogP contribution in [0.5, 0.6) is 0 Å². The number of rotatable bonds is 2. The van der Waals surface area contributed by atoms with Crippen LogP contribution in [0.2, 0.25) is 0 Å². The molecule has 6 heteroatoms. The third-order valence-electron chi connectivity index (χ3n) is 2.66. The van der Waals surface area contributed by atoms with E-state index in [4.69, 9.17) is 4.74 Å². The summed E-state index contributed by atoms with van der Waals surface area (Å²) in [6.07, 6.45) is 0.460. The zero-order valence-electron chi connectivity index (χ0n) is 9.38. The second-order valence-corrected chi connectivity index (χ2v) is 3.79. The Kier molecular flexibility index (Phi) is 2.79. The van der Waals surface area contributed by atoms with Crippen molar-refractivity contribution in [3.05, 3.63) is 29.8 Å². The van der Waals surface area contributed by atoms with Gasteiger partial charge in [-0.25, -0.2) is 4.39 Å². The molecule has 0 N–H and O–H groups in total. The van der Waals surface area contributed by atoms with Gasteiger partial charge in [0, 0.05) is 20.2 Å². The molecular formula is C11H11FN2O3. The predicted molar refractivity (Wildman–Crippen MR) is 55.3 cm³/mol. The van der Waals surface area contributed by atoms with Crippen LogP contribution in [-0.2, 0) is 14.3 Å². The SMILES string of the molecule is CC(=O)OC1C(=O)N(C)C1c1ncccc1F. The highest BCUT2D eigenvalue weighted by molar-refractivity contribution is 5.90. The summed E-state index contributed by atoms with van der Waals surface area (Å²) in [6, 6.07) is 2.07. The average molecular weight is 238 g/mol. The molecule has 1 aliphatic heterocycles. The molecule has 0 aromatic carbocycles. The zero-order valence-corrected chi connectivity index (χ0v) is 9.38. The third kappa shape index (κ3) is 1.86. The van der Waals surface area contributed by atoms with E-state index in [0.717, 1.165) is 0 Å². The van der Waals surface area contributed by atoms with E-state index in [1.54, 1.807) is 0 Å². The molecule has 17 heavy (non-hydrogen) atoms. The number of carbonyl (C=O) groups is 2. The molecule has 1 amide bonds. The lowest BCUT2D eigenvalue weighted by Gasteiger charge is -2.43. The number of nitrogens with zero attached hydrogens (tertiary/aromatic N) is 2. The number of pyridine rings is 1. The largest absolute Gasteiger partial charge is 0.450 e. The number of aromatic nitrogens is 1. The summed E-state index contributed by atoms with van der Waals surface area (Å²) in [5.41, 5.74) is 0.112. The number of esters is 1. The Morgan fingerprint density at radius 1 is 1.59 bits per heavy atom. The summed E-state index contributed by atoms with van der Waals surface area (Å²) >= 11 is 0. The Hall–Kier alpha value is -1.98. The molecule has 1 aliphatic rings. The highest BCUT2D eigenvalue weighted by Gasteiger charge is 2.50. The van der Waals surface area contributed by atoms with Crippen LogP contribution in [0.1, 0.15) is 18.7 Å². The van der Waals surface area contributed by atoms with Gasteiger partial charge in [0.1, 0.15) is 17.6 Å². The van der Waals surface area contributed by atoms with E-state index in [2.05, 4.69) is 4.98 Å². The van der Waals surface area contributed by atoms with Gasteiger partial charge in [-0.05, 0) is 12.1 Å². The van der Waals surface area contributed by atoms with Gasteiger partial charge < -0.3 is 9.64 Å². The van der Waals surface area contributed by atoms with Crippen molar-refractivity contribution >= 4 is 11.9 Å². The maximum absolute atomic E-state index is 13.5. The molecule has 2 rings (SSSR count). The van der Waals surface area contributed by atoms with E-state index in [1.807, 2.05) is 0 Å². The van der Waals surface area contributed by atoms with Gasteiger partial charge in [0.2, 0.25) is 6.10 Å². The summed E-state index contributed by atoms with van der Waals surface area (Å²) < 4.78 is 18.4. The molecule has 1 fully saturated rings. The summed E-state index contributed by atoms with van der Waals surface area (Å²) in [5.74, 6) is -1.44. The van der Waals surface area contributed by atoms with Crippen molar-refractivity contribution in [2.24, 2.45) is 0 Å². The van der Waals surface area contributed by atoms with Crippen LogP contribution >= 0.6 is 0 Å². The van der Waals surface area contributed by atoms with E-state index < -0.39 is 23.9 Å². The molecule has 0 radical (unpaired) electrons. The third-order valence-corrected chi connectivity index (χ3v) is 2.66. The van der Waals surface area contributed by atoms with Gasteiger partial charge in [-0.15, -0.1) is 0 Å². The quantitative estimate of drug-likeness (QED) is 0.561. The fourth-order valence-electron chi connectivity index (χ4n) is 1.83. The lowest BCUT2D eigenvalue weighted by molar-refractivity contribution is -0.180. The number of likely N-dealkylation sites (N-methyl/N-ethyl adjacent to an activating group) is 1. The second-order valence-electron chi connectivity index (χ2n) is 3.79. The Balaban J connectivity index is 2.28. The molecule has 0 aliphatic carbocycles. The molecule has 2 atom stereocenters. The number of hydrogen-bond acceptors (Lipinski definition) is 4. The van der Waals surface area contributed by atoms with E-state index in [9.17, 15) is 14.0 Å². The van der Waals surface area contributed by atoms with Gasteiger partial charge in [-0.2, -0.15) is 0 Å². The number of carbonyl (C=O) groups excluding carboxylic acids is 2. The van der Waals surface area contributed by atoms with Crippen molar-refractivity contribution in [3.63, 3.8) is 0 Å². The van der Waals surface area contributed by atoms with Crippen molar-refractivity contribution in [2.45, 2.75) is 19.1 Å². The fourth-order valence-corrected chi connectivity index (χ4v) is 1.83. The van der Waals surface area contributed by atoms with Crippen LogP contribution in [0.4, 0.5) is 4.39 Å². The molecule has 1 aromatic rings. The highest BCUT2D eigenvalue weighted by atomic mass is 19.1. The lowest BCUT2D eigenvalue weighted by Crippen LogP contribution is -2.58. The van der Waals surface area contributed by atoms with Gasteiger partial charge in [0.25, 0.3) is 5.91 Å². The Labute approximate surface area is 97.2 Å². The minimum Gasteiger partial charge on any atom is -0.450 e. The van der Waals surface area contributed by atoms with Gasteiger partial charge in [-0.1, -0.05) is 0 Å². The molecule has 2 heterocycles. The minimum atomic E-state index is -0.970. The van der Waals surface area contributed by atoms with Crippen molar-refractivity contribution < 1.29 is 18.7 Å². The summed E-state index contributed by atoms with van der Waals surface area (Å²) in [6.45, 7) is 1.21. The first-order valence-electron chi connectivity index (χ1n) is 5.06. The standard InChI is InChI=1S/C11H11FN2O3/c1-6(15)17-10-9(14(2)11(10)16)8-7(12)4-3-5-13-8/h3-5,9-10H,1-2H3. The molecule has 2 unspecified atom stereocenters. The van der Waals surface area contributed by atoms with Gasteiger partial charge in [-0.3, -0.25) is 14.6 Å². The predicted octanol–water partition coefficient (Wildman–Crippen LogP) is 0.665. The molecule has 5 nitrogen and oxygen atoms in total. The normalized spacial score (nSPS) is 23.2. The van der Waals surface area contributed by atoms with Crippen molar-refractivity contribution in [1.29, 1.82) is 0 Å².